The number of ether oxygens (including phenoxy) is 2. The zero-order valence-electron chi connectivity index (χ0n) is 32.6. The second kappa shape index (κ2) is 14.9. The number of hydrogen-bond donors (Lipinski definition) is 2. The highest BCUT2D eigenvalue weighted by molar-refractivity contribution is 6.33. The smallest absolute Gasteiger partial charge is 0.417 e. The summed E-state index contributed by atoms with van der Waals surface area (Å²) in [5.74, 6) is -6.73. The molecular weight excluding hydrogens is 850 g/mol. The first-order valence-electron chi connectivity index (χ1n) is 20.1. The lowest BCUT2D eigenvalue weighted by Gasteiger charge is -2.51. The third-order valence-corrected chi connectivity index (χ3v) is 13.7. The van der Waals surface area contributed by atoms with Gasteiger partial charge in [-0.25, -0.2) is 4.98 Å². The molecule has 6 aliphatic rings. The van der Waals surface area contributed by atoms with E-state index in [0.717, 1.165) is 10.7 Å². The van der Waals surface area contributed by atoms with Crippen LogP contribution in [0.25, 0.3) is 0 Å². The molecule has 6 atom stereocenters. The van der Waals surface area contributed by atoms with Crippen LogP contribution in [-0.4, -0.2) is 65.0 Å². The van der Waals surface area contributed by atoms with Crippen LogP contribution in [-0.2, 0) is 41.9 Å². The van der Waals surface area contributed by atoms with Gasteiger partial charge in [0.05, 0.1) is 58.9 Å². The Morgan fingerprint density at radius 3 is 2.31 bits per heavy atom. The van der Waals surface area contributed by atoms with Gasteiger partial charge in [-0.1, -0.05) is 47.0 Å². The molecule has 10 rings (SSSR count). The molecule has 1 aromatic heterocycles. The number of fused-ring (bicyclic) bond motifs is 5. The van der Waals surface area contributed by atoms with E-state index in [4.69, 9.17) is 32.7 Å². The summed E-state index contributed by atoms with van der Waals surface area (Å²) in [5.41, 5.74) is 3.36. The molecule has 17 heteroatoms. The first-order valence-corrected chi connectivity index (χ1v) is 20.8. The van der Waals surface area contributed by atoms with Crippen LogP contribution in [0.3, 0.4) is 0 Å². The van der Waals surface area contributed by atoms with E-state index < -0.39 is 69.5 Å². The SMILES string of the molecule is O=C1C2CC3C(=CCC4C(=O)N(c5ccc(N6CCOCC6)cc5)C(=O)C43)C(C3=COc4ccc(O)cc4C3)C2(c2ccc(Cl)cc2)C(=O)N1Nc1ncc(C(F)(F)F)cc1Cl. The van der Waals surface area contributed by atoms with Crippen molar-refractivity contribution in [1.29, 1.82) is 0 Å². The molecule has 0 bridgehead atoms. The first kappa shape index (κ1) is 40.2. The molecule has 4 aliphatic heterocycles. The Bertz CT molecular complexity index is 2620. The fourth-order valence-electron chi connectivity index (χ4n) is 10.5. The number of alkyl halides is 3. The number of phenols is 1. The Labute approximate surface area is 362 Å². The average molecular weight is 887 g/mol. The van der Waals surface area contributed by atoms with Crippen LogP contribution >= 0.6 is 23.2 Å². The molecule has 12 nitrogen and oxygen atoms in total. The van der Waals surface area contributed by atoms with Gasteiger partial charge in [0.1, 0.15) is 11.5 Å². The van der Waals surface area contributed by atoms with Gasteiger partial charge >= 0.3 is 6.18 Å². The highest BCUT2D eigenvalue weighted by atomic mass is 35.5. The highest BCUT2D eigenvalue weighted by Gasteiger charge is 2.71. The standard InChI is InChI=1S/C45H36Cl2F3N5O7/c46-27-3-1-25(2-4-27)44-34(41(58)55(43(44)60)52-39-35(47)19-26(21-51-39)45(48,49)50)20-33-31(38(44)24-17-23-18-30(56)9-12-36(23)62-22-24)10-11-32-37(33)42(59)54(40(32)57)29-7-5-28(6-8-29)53-13-15-61-16-14-53/h1-10,12,18-19,21-22,32-34,37-38,56H,11,13-17,20H2,(H,51,52). The first-order chi connectivity index (χ1) is 29.7. The number of nitrogens with one attached hydrogen (secondary N) is 1. The average Bonchev–Trinajstić information content (AvgIpc) is 3.64. The van der Waals surface area contributed by atoms with E-state index in [9.17, 15) is 27.9 Å². The van der Waals surface area contributed by atoms with Crippen LogP contribution in [0.5, 0.6) is 11.5 Å². The maximum atomic E-state index is 15.5. The summed E-state index contributed by atoms with van der Waals surface area (Å²) in [6.45, 7) is 2.59. The molecule has 0 radical (unpaired) electrons. The number of morpholine rings is 1. The predicted molar refractivity (Wildman–Crippen MR) is 220 cm³/mol. The number of rotatable bonds is 6. The molecule has 6 unspecified atom stereocenters. The number of benzene rings is 3. The van der Waals surface area contributed by atoms with Crippen molar-refractivity contribution < 1.29 is 46.9 Å². The number of imide groups is 2. The maximum absolute atomic E-state index is 15.5. The topological polar surface area (TPSA) is 142 Å². The summed E-state index contributed by atoms with van der Waals surface area (Å²) in [6, 6.07) is 19.1. The second-order valence-electron chi connectivity index (χ2n) is 16.3. The van der Waals surface area contributed by atoms with E-state index in [1.165, 1.54) is 17.2 Å². The number of aromatic nitrogens is 1. The van der Waals surface area contributed by atoms with Gasteiger partial charge in [-0.3, -0.25) is 29.5 Å². The fourth-order valence-corrected chi connectivity index (χ4v) is 10.8. The Morgan fingerprint density at radius 2 is 1.60 bits per heavy atom. The van der Waals surface area contributed by atoms with Gasteiger partial charge in [0.25, 0.3) is 11.8 Å². The van der Waals surface area contributed by atoms with Crippen LogP contribution in [0.15, 0.2) is 102 Å². The molecular formula is C45H36Cl2F3N5O7. The van der Waals surface area contributed by atoms with Crippen molar-refractivity contribution in [2.75, 3.05) is 41.5 Å². The maximum Gasteiger partial charge on any atom is 0.417 e. The largest absolute Gasteiger partial charge is 0.508 e. The Morgan fingerprint density at radius 1 is 0.871 bits per heavy atom. The third-order valence-electron chi connectivity index (χ3n) is 13.2. The molecule has 2 aliphatic carbocycles. The minimum Gasteiger partial charge on any atom is -0.508 e. The lowest BCUT2D eigenvalue weighted by Crippen LogP contribution is -2.55. The molecule has 5 heterocycles. The van der Waals surface area contributed by atoms with Crippen molar-refractivity contribution in [3.8, 4) is 11.5 Å². The summed E-state index contributed by atoms with van der Waals surface area (Å²) in [5, 5.41) is 11.1. The lowest BCUT2D eigenvalue weighted by atomic mass is 9.48. The number of carbonyl (C=O) groups excluding carboxylic acids is 4. The van der Waals surface area contributed by atoms with Crippen molar-refractivity contribution >= 4 is 64.0 Å². The Kier molecular flexibility index (Phi) is 9.65. The number of carbonyl (C=O) groups is 4. The van der Waals surface area contributed by atoms with Crippen molar-refractivity contribution in [3.05, 3.63) is 129 Å². The molecule has 4 fully saturated rings. The van der Waals surface area contributed by atoms with Crippen molar-refractivity contribution in [3.63, 3.8) is 0 Å². The molecule has 318 valence electrons. The van der Waals surface area contributed by atoms with Crippen LogP contribution in [0.1, 0.15) is 29.5 Å². The molecule has 2 N–H and O–H groups in total. The van der Waals surface area contributed by atoms with Gasteiger partial charge in [0.2, 0.25) is 11.8 Å². The molecule has 3 saturated heterocycles. The number of aromatic hydroxyl groups is 1. The van der Waals surface area contributed by atoms with E-state index >= 15 is 9.59 Å². The molecule has 62 heavy (non-hydrogen) atoms. The molecule has 1 saturated carbocycles. The van der Waals surface area contributed by atoms with E-state index in [-0.39, 0.29) is 36.7 Å². The summed E-state index contributed by atoms with van der Waals surface area (Å²) in [7, 11) is 0. The Hall–Kier alpha value is -5.90. The monoisotopic (exact) mass is 885 g/mol. The van der Waals surface area contributed by atoms with Crippen LogP contribution < -0.4 is 20.0 Å². The predicted octanol–water partition coefficient (Wildman–Crippen LogP) is 7.49. The number of hydrogen-bond acceptors (Lipinski definition) is 10. The number of hydrazine groups is 1. The van der Waals surface area contributed by atoms with Crippen LogP contribution in [0.2, 0.25) is 10.0 Å². The van der Waals surface area contributed by atoms with Gasteiger partial charge in [0, 0.05) is 47.9 Å². The number of allylic oxidation sites excluding steroid dienone is 3. The number of nitrogens with zero attached hydrogens (tertiary/aromatic N) is 4. The minimum atomic E-state index is -4.76. The van der Waals surface area contributed by atoms with Gasteiger partial charge in [-0.2, -0.15) is 18.2 Å². The van der Waals surface area contributed by atoms with E-state index in [1.54, 1.807) is 48.5 Å². The molecule has 4 aromatic rings. The van der Waals surface area contributed by atoms with E-state index in [0.29, 0.717) is 77.3 Å². The fraction of sp³-hybridized carbons (Fsp3) is 0.311. The van der Waals surface area contributed by atoms with Crippen LogP contribution in [0.4, 0.5) is 30.4 Å². The van der Waals surface area contributed by atoms with E-state index in [2.05, 4.69) is 15.3 Å². The highest BCUT2D eigenvalue weighted by Crippen LogP contribution is 2.63. The number of halogens is 5. The summed E-state index contributed by atoms with van der Waals surface area (Å²) in [6.07, 6.45) is -0.486. The zero-order valence-corrected chi connectivity index (χ0v) is 34.1. The van der Waals surface area contributed by atoms with Crippen molar-refractivity contribution in [2.45, 2.75) is 30.9 Å². The number of phenolic OH excluding ortho intramolecular Hbond substituents is 1. The van der Waals surface area contributed by atoms with E-state index in [1.807, 2.05) is 18.2 Å². The minimum absolute atomic E-state index is 0.0170. The van der Waals surface area contributed by atoms with Crippen molar-refractivity contribution in [1.82, 2.24) is 9.99 Å². The quantitative estimate of drug-likeness (QED) is 0.148. The van der Waals surface area contributed by atoms with Crippen LogP contribution in [0, 0.1) is 29.6 Å². The zero-order chi connectivity index (χ0) is 43.2. The summed E-state index contributed by atoms with van der Waals surface area (Å²) >= 11 is 12.7. The summed E-state index contributed by atoms with van der Waals surface area (Å²) < 4.78 is 52.4. The second-order valence-corrected chi connectivity index (χ2v) is 17.2. The van der Waals surface area contributed by atoms with Gasteiger partial charge in [-0.05, 0) is 90.6 Å². The van der Waals surface area contributed by atoms with Gasteiger partial charge in [-0.15, -0.1) is 0 Å². The number of pyridine rings is 1. The normalized spacial score (nSPS) is 26.9. The summed E-state index contributed by atoms with van der Waals surface area (Å²) in [4.78, 5) is 67.0. The third kappa shape index (κ3) is 6.26. The Balaban J connectivity index is 1.09. The molecule has 0 spiro atoms. The number of anilines is 3. The van der Waals surface area contributed by atoms with Crippen molar-refractivity contribution in [2.24, 2.45) is 29.6 Å². The molecule has 4 amide bonds. The molecule has 3 aromatic carbocycles. The van der Waals surface area contributed by atoms with Gasteiger partial charge in [0.15, 0.2) is 5.82 Å². The van der Waals surface area contributed by atoms with Gasteiger partial charge < -0.3 is 19.5 Å². The number of amides is 4. The lowest BCUT2D eigenvalue weighted by molar-refractivity contribution is -0.139.